The lowest BCUT2D eigenvalue weighted by Crippen LogP contribution is -2.25. The highest BCUT2D eigenvalue weighted by molar-refractivity contribution is 7.80. The predicted molar refractivity (Wildman–Crippen MR) is 80.2 cm³/mol. The maximum absolute atomic E-state index is 12.0. The molecule has 94 valence electrons. The van der Waals surface area contributed by atoms with E-state index < -0.39 is 0 Å². The molecule has 0 saturated carbocycles. The number of hydrogen-bond acceptors (Lipinski definition) is 3. The normalized spacial score (nSPS) is 10.4. The SMILES string of the molecule is NC(=S)CCCNC(=O)c1csc2ccccc12. The second-order valence-electron chi connectivity index (χ2n) is 3.97. The van der Waals surface area contributed by atoms with Crippen LogP contribution in [0.3, 0.4) is 0 Å². The van der Waals surface area contributed by atoms with Crippen LogP contribution < -0.4 is 11.1 Å². The molecule has 1 aromatic carbocycles. The number of hydrogen-bond donors (Lipinski definition) is 2. The maximum Gasteiger partial charge on any atom is 0.252 e. The molecule has 3 N–H and O–H groups in total. The first kappa shape index (κ1) is 13.0. The molecule has 0 atom stereocenters. The molecule has 5 heteroatoms. The van der Waals surface area contributed by atoms with Gasteiger partial charge in [-0.15, -0.1) is 11.3 Å². The summed E-state index contributed by atoms with van der Waals surface area (Å²) in [7, 11) is 0. The van der Waals surface area contributed by atoms with E-state index in [2.05, 4.69) is 5.32 Å². The highest BCUT2D eigenvalue weighted by Gasteiger charge is 2.10. The Hall–Kier alpha value is -1.46. The summed E-state index contributed by atoms with van der Waals surface area (Å²) >= 11 is 6.37. The molecule has 0 unspecified atom stereocenters. The van der Waals surface area contributed by atoms with Crippen LogP contribution in [0.1, 0.15) is 23.2 Å². The molecule has 0 aliphatic heterocycles. The maximum atomic E-state index is 12.0. The topological polar surface area (TPSA) is 55.1 Å². The van der Waals surface area contributed by atoms with Gasteiger partial charge in [0, 0.05) is 22.0 Å². The second kappa shape index (κ2) is 5.93. The van der Waals surface area contributed by atoms with Gasteiger partial charge in [0.15, 0.2) is 0 Å². The van der Waals surface area contributed by atoms with E-state index in [9.17, 15) is 4.79 Å². The van der Waals surface area contributed by atoms with Crippen LogP contribution in [0.5, 0.6) is 0 Å². The zero-order valence-electron chi connectivity index (χ0n) is 9.81. The van der Waals surface area contributed by atoms with Crippen molar-refractivity contribution in [2.75, 3.05) is 6.54 Å². The summed E-state index contributed by atoms with van der Waals surface area (Å²) in [5.41, 5.74) is 6.14. The third kappa shape index (κ3) is 3.05. The van der Waals surface area contributed by atoms with E-state index in [1.54, 1.807) is 11.3 Å². The van der Waals surface area contributed by atoms with Crippen molar-refractivity contribution < 1.29 is 4.79 Å². The van der Waals surface area contributed by atoms with Crippen molar-refractivity contribution in [3.63, 3.8) is 0 Å². The van der Waals surface area contributed by atoms with Crippen LogP contribution >= 0.6 is 23.6 Å². The molecule has 2 aromatic rings. The number of thiophene rings is 1. The molecule has 0 radical (unpaired) electrons. The number of rotatable bonds is 5. The van der Waals surface area contributed by atoms with Crippen LogP contribution in [-0.4, -0.2) is 17.4 Å². The first-order valence-corrected chi connectivity index (χ1v) is 7.00. The minimum absolute atomic E-state index is 0.0320. The lowest BCUT2D eigenvalue weighted by molar-refractivity contribution is 0.0955. The van der Waals surface area contributed by atoms with Gasteiger partial charge >= 0.3 is 0 Å². The lowest BCUT2D eigenvalue weighted by atomic mass is 10.1. The van der Waals surface area contributed by atoms with Crippen molar-refractivity contribution in [2.24, 2.45) is 5.73 Å². The van der Waals surface area contributed by atoms with Gasteiger partial charge < -0.3 is 11.1 Å². The second-order valence-corrected chi connectivity index (χ2v) is 5.41. The van der Waals surface area contributed by atoms with E-state index in [1.807, 2.05) is 29.6 Å². The average Bonchev–Trinajstić information content (AvgIpc) is 2.78. The first-order valence-electron chi connectivity index (χ1n) is 5.71. The molecule has 1 amide bonds. The van der Waals surface area contributed by atoms with Crippen molar-refractivity contribution in [1.29, 1.82) is 0 Å². The number of thiocarbonyl (C=S) groups is 1. The van der Waals surface area contributed by atoms with Crippen LogP contribution in [0.4, 0.5) is 0 Å². The van der Waals surface area contributed by atoms with Gasteiger partial charge in [0.25, 0.3) is 5.91 Å². The Labute approximate surface area is 115 Å². The molecule has 18 heavy (non-hydrogen) atoms. The Morgan fingerprint density at radius 3 is 2.94 bits per heavy atom. The standard InChI is InChI=1S/C13H14N2OS2/c14-12(17)6-3-7-15-13(16)10-8-18-11-5-2-1-4-9(10)11/h1-2,4-5,8H,3,6-7H2,(H2,14,17)(H,15,16). The monoisotopic (exact) mass is 278 g/mol. The highest BCUT2D eigenvalue weighted by atomic mass is 32.1. The molecule has 0 fully saturated rings. The molecular weight excluding hydrogens is 264 g/mol. The van der Waals surface area contributed by atoms with E-state index >= 15 is 0 Å². The van der Waals surface area contributed by atoms with Crippen LogP contribution in [0, 0.1) is 0 Å². The Morgan fingerprint density at radius 2 is 2.17 bits per heavy atom. The number of nitrogens with two attached hydrogens (primary N) is 1. The fourth-order valence-electron chi connectivity index (χ4n) is 1.71. The number of carbonyl (C=O) groups excluding carboxylic acids is 1. The zero-order valence-corrected chi connectivity index (χ0v) is 11.4. The van der Waals surface area contributed by atoms with Crippen LogP contribution in [-0.2, 0) is 0 Å². The molecule has 0 bridgehead atoms. The van der Waals surface area contributed by atoms with Gasteiger partial charge in [-0.3, -0.25) is 4.79 Å². The van der Waals surface area contributed by atoms with Crippen molar-refractivity contribution in [1.82, 2.24) is 5.32 Å². The molecule has 1 aromatic heterocycles. The smallest absolute Gasteiger partial charge is 0.252 e. The van der Waals surface area contributed by atoms with Gasteiger partial charge in [-0.05, 0) is 18.9 Å². The average molecular weight is 278 g/mol. The number of carbonyl (C=O) groups is 1. The van der Waals surface area contributed by atoms with Gasteiger partial charge in [-0.2, -0.15) is 0 Å². The Balaban J connectivity index is 1.99. The molecule has 0 saturated heterocycles. The lowest BCUT2D eigenvalue weighted by Gasteiger charge is -2.03. The van der Waals surface area contributed by atoms with E-state index in [0.29, 0.717) is 18.0 Å². The summed E-state index contributed by atoms with van der Waals surface area (Å²) in [6.07, 6.45) is 1.45. The van der Waals surface area contributed by atoms with E-state index in [0.717, 1.165) is 22.1 Å². The molecule has 0 aliphatic carbocycles. The summed E-state index contributed by atoms with van der Waals surface area (Å²) in [5.74, 6) is -0.0320. The summed E-state index contributed by atoms with van der Waals surface area (Å²) in [6, 6.07) is 7.90. The van der Waals surface area contributed by atoms with Gasteiger partial charge in [0.05, 0.1) is 10.6 Å². The molecule has 0 spiro atoms. The minimum Gasteiger partial charge on any atom is -0.393 e. The largest absolute Gasteiger partial charge is 0.393 e. The van der Waals surface area contributed by atoms with Gasteiger partial charge in [-0.25, -0.2) is 0 Å². The number of fused-ring (bicyclic) bond motifs is 1. The fourth-order valence-corrected chi connectivity index (χ4v) is 2.80. The van der Waals surface area contributed by atoms with Crippen molar-refractivity contribution in [2.45, 2.75) is 12.8 Å². The molecule has 2 rings (SSSR count). The van der Waals surface area contributed by atoms with Crippen LogP contribution in [0.2, 0.25) is 0 Å². The van der Waals surface area contributed by atoms with Gasteiger partial charge in [0.2, 0.25) is 0 Å². The van der Waals surface area contributed by atoms with Crippen LogP contribution in [0.25, 0.3) is 10.1 Å². The summed E-state index contributed by atoms with van der Waals surface area (Å²) in [4.78, 5) is 12.5. The van der Waals surface area contributed by atoms with E-state index in [4.69, 9.17) is 18.0 Å². The van der Waals surface area contributed by atoms with E-state index in [1.165, 1.54) is 0 Å². The summed E-state index contributed by atoms with van der Waals surface area (Å²) < 4.78 is 1.13. The quantitative estimate of drug-likeness (QED) is 0.653. The van der Waals surface area contributed by atoms with Crippen molar-refractivity contribution >= 4 is 44.5 Å². The third-order valence-electron chi connectivity index (χ3n) is 2.61. The molecular formula is C13H14N2OS2. The van der Waals surface area contributed by atoms with Gasteiger partial charge in [0.1, 0.15) is 0 Å². The van der Waals surface area contributed by atoms with Crippen molar-refractivity contribution in [3.8, 4) is 0 Å². The minimum atomic E-state index is -0.0320. The summed E-state index contributed by atoms with van der Waals surface area (Å²) in [5, 5.41) is 5.79. The van der Waals surface area contributed by atoms with Crippen LogP contribution in [0.15, 0.2) is 29.6 Å². The highest BCUT2D eigenvalue weighted by Crippen LogP contribution is 2.25. The first-order chi connectivity index (χ1) is 8.68. The van der Waals surface area contributed by atoms with Gasteiger partial charge in [-0.1, -0.05) is 30.4 Å². The predicted octanol–water partition coefficient (Wildman–Crippen LogP) is 2.70. The molecule has 1 heterocycles. The molecule has 0 aliphatic rings. The number of benzene rings is 1. The number of nitrogens with one attached hydrogen (secondary N) is 1. The number of amides is 1. The Morgan fingerprint density at radius 1 is 1.39 bits per heavy atom. The third-order valence-corrected chi connectivity index (χ3v) is 3.78. The van der Waals surface area contributed by atoms with E-state index in [-0.39, 0.29) is 5.91 Å². The Kier molecular flexibility index (Phi) is 4.28. The zero-order chi connectivity index (χ0) is 13.0. The summed E-state index contributed by atoms with van der Waals surface area (Å²) in [6.45, 7) is 0.598. The molecule has 3 nitrogen and oxygen atoms in total. The van der Waals surface area contributed by atoms with Crippen molar-refractivity contribution in [3.05, 3.63) is 35.2 Å². The fraction of sp³-hybridized carbons (Fsp3) is 0.231. The Bertz CT molecular complexity index is 577.